The quantitative estimate of drug-likeness (QED) is 0.522. The third-order valence-corrected chi connectivity index (χ3v) is 8.71. The molecular weight excluding hydrogens is 504 g/mol. The Hall–Kier alpha value is -2.19. The molecule has 2 aliphatic rings. The summed E-state index contributed by atoms with van der Waals surface area (Å²) in [5.74, 6) is -0.521. The van der Waals surface area contributed by atoms with Crippen molar-refractivity contribution in [3.05, 3.63) is 51.5 Å². The van der Waals surface area contributed by atoms with Crippen LogP contribution in [0.1, 0.15) is 42.9 Å². The summed E-state index contributed by atoms with van der Waals surface area (Å²) in [5, 5.41) is 0. The molecule has 0 aromatic heterocycles. The lowest BCUT2D eigenvalue weighted by molar-refractivity contribution is -0.120. The summed E-state index contributed by atoms with van der Waals surface area (Å²) < 4.78 is 27.5. The van der Waals surface area contributed by atoms with Crippen molar-refractivity contribution in [1.29, 1.82) is 0 Å². The molecule has 176 valence electrons. The number of carbonyl (C=O) groups excluding carboxylic acids is 2. The smallest absolute Gasteiger partial charge is 0.230 e. The van der Waals surface area contributed by atoms with Crippen LogP contribution in [0.4, 0.5) is 11.4 Å². The number of carbonyl (C=O) groups is 2. The van der Waals surface area contributed by atoms with Gasteiger partial charge in [-0.25, -0.2) is 8.42 Å². The van der Waals surface area contributed by atoms with Gasteiger partial charge in [0.05, 0.1) is 16.3 Å². The predicted molar refractivity (Wildman–Crippen MR) is 134 cm³/mol. The molecule has 1 aliphatic carbocycles. The molecular formula is C25H29BrN2O4S. The largest absolute Gasteiger partial charge is 0.313 e. The first-order valence-corrected chi connectivity index (χ1v) is 13.8. The van der Waals surface area contributed by atoms with E-state index in [1.54, 1.807) is 15.9 Å². The van der Waals surface area contributed by atoms with Gasteiger partial charge in [-0.2, -0.15) is 0 Å². The Labute approximate surface area is 204 Å². The lowest BCUT2D eigenvalue weighted by Crippen LogP contribution is -2.33. The van der Waals surface area contributed by atoms with E-state index in [1.165, 1.54) is 0 Å². The zero-order valence-corrected chi connectivity index (χ0v) is 21.6. The first kappa shape index (κ1) is 24.0. The second-order valence-corrected chi connectivity index (χ2v) is 11.9. The zero-order chi connectivity index (χ0) is 23.9. The van der Waals surface area contributed by atoms with E-state index in [0.717, 1.165) is 35.2 Å². The van der Waals surface area contributed by atoms with Gasteiger partial charge in [-0.15, -0.1) is 0 Å². The van der Waals surface area contributed by atoms with Gasteiger partial charge in [0.2, 0.25) is 11.8 Å². The number of nitrogens with zero attached hydrogens (tertiary/aromatic N) is 2. The van der Waals surface area contributed by atoms with Crippen molar-refractivity contribution in [3.63, 3.8) is 0 Å². The fourth-order valence-corrected chi connectivity index (χ4v) is 6.50. The molecule has 0 N–H and O–H groups in total. The van der Waals surface area contributed by atoms with Crippen molar-refractivity contribution in [2.75, 3.05) is 28.6 Å². The van der Waals surface area contributed by atoms with E-state index in [-0.39, 0.29) is 34.8 Å². The van der Waals surface area contributed by atoms with Crippen LogP contribution in [0, 0.1) is 19.8 Å². The number of aryl methyl sites for hydroxylation is 2. The van der Waals surface area contributed by atoms with Crippen LogP contribution in [0.5, 0.6) is 0 Å². The van der Waals surface area contributed by atoms with Gasteiger partial charge >= 0.3 is 0 Å². The minimum Gasteiger partial charge on any atom is -0.313 e. The molecule has 1 saturated carbocycles. The van der Waals surface area contributed by atoms with Gasteiger partial charge in [-0.3, -0.25) is 9.59 Å². The van der Waals surface area contributed by atoms with E-state index in [4.69, 9.17) is 0 Å². The van der Waals surface area contributed by atoms with Gasteiger partial charge in [0.25, 0.3) is 0 Å². The Morgan fingerprint density at radius 2 is 1.85 bits per heavy atom. The minimum absolute atomic E-state index is 0.00723. The number of fused-ring (bicyclic) bond motifs is 1. The number of hydrogen-bond acceptors (Lipinski definition) is 4. The maximum atomic E-state index is 13.4. The Morgan fingerprint density at radius 3 is 2.48 bits per heavy atom. The second kappa shape index (κ2) is 9.22. The van der Waals surface area contributed by atoms with Gasteiger partial charge in [-0.05, 0) is 81.0 Å². The number of hydrogen-bond donors (Lipinski definition) is 0. The number of halogens is 1. The van der Waals surface area contributed by atoms with Crippen LogP contribution in [0.15, 0.2) is 39.7 Å². The number of sulfone groups is 1. The molecule has 1 aliphatic heterocycles. The van der Waals surface area contributed by atoms with Crippen molar-refractivity contribution in [1.82, 2.24) is 0 Å². The molecule has 8 heteroatoms. The fourth-order valence-electron chi connectivity index (χ4n) is 4.34. The van der Waals surface area contributed by atoms with Gasteiger partial charge < -0.3 is 9.80 Å². The summed E-state index contributed by atoms with van der Waals surface area (Å²) in [5.41, 5.74) is 4.35. The molecule has 0 unspecified atom stereocenters. The molecule has 1 heterocycles. The Morgan fingerprint density at radius 1 is 1.12 bits per heavy atom. The van der Waals surface area contributed by atoms with Crippen molar-refractivity contribution in [2.45, 2.75) is 51.3 Å². The lowest BCUT2D eigenvalue weighted by Gasteiger charge is -2.23. The minimum atomic E-state index is -3.79. The van der Waals surface area contributed by atoms with E-state index < -0.39 is 9.84 Å². The van der Waals surface area contributed by atoms with Gasteiger partial charge in [0.15, 0.2) is 9.84 Å². The van der Waals surface area contributed by atoms with E-state index in [1.807, 2.05) is 45.0 Å². The van der Waals surface area contributed by atoms with E-state index in [0.29, 0.717) is 29.7 Å². The summed E-state index contributed by atoms with van der Waals surface area (Å²) in [4.78, 5) is 29.2. The standard InChI is InChI=1S/C25H29BrN2O4S/c1-4-27(21-8-5-16(2)17(3)13-21)23(29)10-12-33(31,32)22-15-20(26)14-19-9-11-28(24(19)22)25(30)18-6-7-18/h5,8,13-15,18H,4,6-7,9-12H2,1-3H3. The molecule has 33 heavy (non-hydrogen) atoms. The van der Waals surface area contributed by atoms with Crippen LogP contribution in [0.25, 0.3) is 0 Å². The molecule has 0 atom stereocenters. The Bertz CT molecular complexity index is 1220. The molecule has 2 aromatic rings. The summed E-state index contributed by atoms with van der Waals surface area (Å²) >= 11 is 3.42. The predicted octanol–water partition coefficient (Wildman–Crippen LogP) is 4.58. The third-order valence-electron chi connectivity index (χ3n) is 6.53. The van der Waals surface area contributed by atoms with Crippen LogP contribution in [-0.2, 0) is 25.8 Å². The van der Waals surface area contributed by atoms with Crippen LogP contribution < -0.4 is 9.80 Å². The van der Waals surface area contributed by atoms with Crippen LogP contribution in [0.3, 0.4) is 0 Å². The molecule has 2 amide bonds. The van der Waals surface area contributed by atoms with Crippen molar-refractivity contribution >= 4 is 49.0 Å². The van der Waals surface area contributed by atoms with Gasteiger partial charge in [0, 0.05) is 35.6 Å². The lowest BCUT2D eigenvalue weighted by atomic mass is 10.1. The highest BCUT2D eigenvalue weighted by molar-refractivity contribution is 9.10. The number of rotatable bonds is 7. The molecule has 4 rings (SSSR count). The van der Waals surface area contributed by atoms with Crippen LogP contribution in [0.2, 0.25) is 0 Å². The van der Waals surface area contributed by atoms with Gasteiger partial charge in [0.1, 0.15) is 0 Å². The Kier molecular flexibility index (Phi) is 6.69. The molecule has 0 saturated heterocycles. The van der Waals surface area contributed by atoms with Crippen molar-refractivity contribution < 1.29 is 18.0 Å². The maximum Gasteiger partial charge on any atom is 0.230 e. The highest BCUT2D eigenvalue weighted by Crippen LogP contribution is 2.41. The number of benzene rings is 2. The molecule has 1 fully saturated rings. The molecule has 2 aromatic carbocycles. The summed E-state index contributed by atoms with van der Waals surface area (Å²) in [6.07, 6.45) is 2.23. The fraction of sp³-hybridized carbons (Fsp3) is 0.440. The SMILES string of the molecule is CCN(C(=O)CCS(=O)(=O)c1cc(Br)cc2c1N(C(=O)C1CC1)CC2)c1ccc(C)c(C)c1. The normalized spacial score (nSPS) is 15.5. The number of anilines is 2. The first-order valence-electron chi connectivity index (χ1n) is 11.4. The van der Waals surface area contributed by atoms with Crippen molar-refractivity contribution in [3.8, 4) is 0 Å². The molecule has 6 nitrogen and oxygen atoms in total. The highest BCUT2D eigenvalue weighted by Gasteiger charge is 2.39. The highest BCUT2D eigenvalue weighted by atomic mass is 79.9. The van der Waals surface area contributed by atoms with Crippen molar-refractivity contribution in [2.24, 2.45) is 5.92 Å². The van der Waals surface area contributed by atoms with E-state index in [2.05, 4.69) is 15.9 Å². The van der Waals surface area contributed by atoms with Gasteiger partial charge in [-0.1, -0.05) is 22.0 Å². The monoisotopic (exact) mass is 532 g/mol. The molecule has 0 spiro atoms. The van der Waals surface area contributed by atoms with Crippen LogP contribution >= 0.6 is 15.9 Å². The Balaban J connectivity index is 1.57. The third kappa shape index (κ3) is 4.87. The van der Waals surface area contributed by atoms with Crippen LogP contribution in [-0.4, -0.2) is 39.1 Å². The maximum absolute atomic E-state index is 13.4. The summed E-state index contributed by atoms with van der Waals surface area (Å²) in [7, 11) is -3.79. The molecule has 0 bridgehead atoms. The van der Waals surface area contributed by atoms with E-state index in [9.17, 15) is 18.0 Å². The second-order valence-electron chi connectivity index (χ2n) is 8.90. The average molecular weight is 533 g/mol. The average Bonchev–Trinajstić information content (AvgIpc) is 3.54. The topological polar surface area (TPSA) is 74.8 Å². The molecule has 0 radical (unpaired) electrons. The van der Waals surface area contributed by atoms with E-state index >= 15 is 0 Å². The first-order chi connectivity index (χ1) is 15.6. The zero-order valence-electron chi connectivity index (χ0n) is 19.2. The number of amides is 2. The summed E-state index contributed by atoms with van der Waals surface area (Å²) in [6.45, 7) is 6.84. The summed E-state index contributed by atoms with van der Waals surface area (Å²) in [6, 6.07) is 9.26.